The average Bonchev–Trinajstić information content (AvgIpc) is 2.16. The largest absolute Gasteiger partial charge is 0.114 e. The molecule has 0 saturated carbocycles. The molecule has 1 radical (unpaired) electrons. The highest BCUT2D eigenvalue weighted by Gasteiger charge is 2.22. The first-order valence-corrected chi connectivity index (χ1v) is 6.46. The first-order valence-electron chi connectivity index (χ1n) is 6.46. The summed E-state index contributed by atoms with van der Waals surface area (Å²) in [5, 5.41) is 0.462. The predicted molar refractivity (Wildman–Crippen MR) is 72.7 cm³/mol. The molecular formula is C14H28B. The summed E-state index contributed by atoms with van der Waals surface area (Å²) >= 11 is 0. The fourth-order valence-corrected chi connectivity index (χ4v) is 2.25. The van der Waals surface area contributed by atoms with Gasteiger partial charge in [-0.15, -0.1) is 0 Å². The van der Waals surface area contributed by atoms with Gasteiger partial charge in [-0.25, -0.2) is 0 Å². The summed E-state index contributed by atoms with van der Waals surface area (Å²) in [7, 11) is 2.41. The molecule has 0 amide bonds. The van der Waals surface area contributed by atoms with Crippen LogP contribution in [0.1, 0.15) is 59.8 Å². The molecule has 0 heterocycles. The topological polar surface area (TPSA) is 0 Å². The second-order valence-corrected chi connectivity index (χ2v) is 5.36. The molecule has 0 aromatic carbocycles. The fraction of sp³-hybridized carbons (Fsp3) is 0.857. The van der Waals surface area contributed by atoms with Gasteiger partial charge in [0.2, 0.25) is 0 Å². The second-order valence-electron chi connectivity index (χ2n) is 5.36. The third-order valence-electron chi connectivity index (χ3n) is 3.18. The van der Waals surface area contributed by atoms with Gasteiger partial charge in [0, 0.05) is 0 Å². The smallest absolute Gasteiger partial charge is 0.0917 e. The molecule has 0 aromatic heterocycles. The second kappa shape index (κ2) is 8.02. The van der Waals surface area contributed by atoms with E-state index in [0.717, 1.165) is 5.92 Å². The summed E-state index contributed by atoms with van der Waals surface area (Å²) < 4.78 is 0. The zero-order valence-corrected chi connectivity index (χ0v) is 11.3. The van der Waals surface area contributed by atoms with Crippen molar-refractivity contribution in [3.63, 3.8) is 0 Å². The fourth-order valence-electron chi connectivity index (χ4n) is 2.25. The molecule has 0 nitrogen and oxygen atoms in total. The van der Waals surface area contributed by atoms with Crippen LogP contribution in [0.3, 0.4) is 0 Å². The first kappa shape index (κ1) is 14.8. The molecule has 0 aromatic rings. The maximum atomic E-state index is 2.41. The van der Waals surface area contributed by atoms with Crippen LogP contribution < -0.4 is 0 Å². The van der Waals surface area contributed by atoms with E-state index in [9.17, 15) is 0 Å². The number of hydrogen-bond donors (Lipinski definition) is 0. The van der Waals surface area contributed by atoms with Crippen molar-refractivity contribution in [3.8, 4) is 0 Å². The lowest BCUT2D eigenvalue weighted by Gasteiger charge is -2.30. The summed E-state index contributed by atoms with van der Waals surface area (Å²) in [5.41, 5.74) is 0. The van der Waals surface area contributed by atoms with Crippen molar-refractivity contribution in [2.24, 2.45) is 5.92 Å². The molecule has 0 aliphatic carbocycles. The Morgan fingerprint density at radius 3 is 2.40 bits per heavy atom. The highest BCUT2D eigenvalue weighted by atomic mass is 14.2. The van der Waals surface area contributed by atoms with E-state index < -0.39 is 0 Å². The minimum atomic E-state index is 0.462. The molecular weight excluding hydrogens is 179 g/mol. The quantitative estimate of drug-likeness (QED) is 0.295. The van der Waals surface area contributed by atoms with Crippen molar-refractivity contribution in [1.82, 2.24) is 0 Å². The van der Waals surface area contributed by atoms with Gasteiger partial charge >= 0.3 is 0 Å². The molecule has 0 N–H and O–H groups in total. The summed E-state index contributed by atoms with van der Waals surface area (Å²) in [5.74, 6) is 0.807. The van der Waals surface area contributed by atoms with Gasteiger partial charge in [0.15, 0.2) is 0 Å². The van der Waals surface area contributed by atoms with E-state index in [1.54, 1.807) is 0 Å². The van der Waals surface area contributed by atoms with Gasteiger partial charge in [0.05, 0.1) is 0 Å². The minimum Gasteiger partial charge on any atom is -0.0917 e. The SMILES string of the molecule is C[B]C(C)(CCCCC=CC)CC(C)C. The van der Waals surface area contributed by atoms with E-state index in [1.807, 2.05) is 0 Å². The molecule has 1 unspecified atom stereocenters. The van der Waals surface area contributed by atoms with Crippen LogP contribution in [0.2, 0.25) is 12.1 Å². The number of allylic oxidation sites excluding steroid dienone is 2. The molecule has 0 spiro atoms. The molecule has 1 atom stereocenters. The van der Waals surface area contributed by atoms with Crippen molar-refractivity contribution in [2.45, 2.75) is 71.9 Å². The van der Waals surface area contributed by atoms with Crippen LogP contribution in [0.5, 0.6) is 0 Å². The van der Waals surface area contributed by atoms with Crippen LogP contribution in [0.4, 0.5) is 0 Å². The summed E-state index contributed by atoms with van der Waals surface area (Å²) in [6, 6.07) is 0. The van der Waals surface area contributed by atoms with Gasteiger partial charge in [-0.1, -0.05) is 64.3 Å². The Kier molecular flexibility index (Phi) is 7.91. The standard InChI is InChI=1S/C14H28B/c1-6-7-8-9-10-11-14(4,15-5)12-13(2)3/h6-7,13H,8-12H2,1-5H3. The van der Waals surface area contributed by atoms with Crippen LogP contribution in [0, 0.1) is 5.92 Å². The molecule has 0 bridgehead atoms. The third kappa shape index (κ3) is 7.70. The van der Waals surface area contributed by atoms with E-state index in [1.165, 1.54) is 32.1 Å². The zero-order chi connectivity index (χ0) is 11.7. The molecule has 0 rings (SSSR count). The van der Waals surface area contributed by atoms with Crippen LogP contribution in [0.25, 0.3) is 0 Å². The predicted octanol–water partition coefficient (Wildman–Crippen LogP) is 5.10. The lowest BCUT2D eigenvalue weighted by atomic mass is 9.50. The van der Waals surface area contributed by atoms with E-state index in [2.05, 4.69) is 53.9 Å². The van der Waals surface area contributed by atoms with Gasteiger partial charge in [0.25, 0.3) is 0 Å². The maximum absolute atomic E-state index is 2.41. The third-order valence-corrected chi connectivity index (χ3v) is 3.18. The molecule has 0 aliphatic rings. The van der Waals surface area contributed by atoms with Gasteiger partial charge in [-0.05, 0) is 25.7 Å². The first-order chi connectivity index (χ1) is 7.04. The lowest BCUT2D eigenvalue weighted by Crippen LogP contribution is -2.17. The Hall–Kier alpha value is -0.195. The van der Waals surface area contributed by atoms with Crippen molar-refractivity contribution in [2.75, 3.05) is 0 Å². The Morgan fingerprint density at radius 2 is 1.93 bits per heavy atom. The van der Waals surface area contributed by atoms with Crippen molar-refractivity contribution in [1.29, 1.82) is 0 Å². The van der Waals surface area contributed by atoms with Crippen LogP contribution >= 0.6 is 0 Å². The molecule has 0 saturated heterocycles. The Labute approximate surface area is 97.8 Å². The summed E-state index contributed by atoms with van der Waals surface area (Å²) in [6.45, 7) is 11.4. The van der Waals surface area contributed by atoms with E-state index in [4.69, 9.17) is 0 Å². The summed E-state index contributed by atoms with van der Waals surface area (Å²) in [4.78, 5) is 0. The molecule has 87 valence electrons. The highest BCUT2D eigenvalue weighted by Crippen LogP contribution is 2.38. The van der Waals surface area contributed by atoms with Crippen LogP contribution in [0.15, 0.2) is 12.2 Å². The zero-order valence-electron chi connectivity index (χ0n) is 11.3. The lowest BCUT2D eigenvalue weighted by molar-refractivity contribution is 0.417. The minimum absolute atomic E-state index is 0.462. The van der Waals surface area contributed by atoms with Crippen molar-refractivity contribution in [3.05, 3.63) is 12.2 Å². The average molecular weight is 207 g/mol. The van der Waals surface area contributed by atoms with E-state index in [-0.39, 0.29) is 0 Å². The van der Waals surface area contributed by atoms with E-state index >= 15 is 0 Å². The van der Waals surface area contributed by atoms with Crippen molar-refractivity contribution < 1.29 is 0 Å². The Bertz CT molecular complexity index is 172. The molecule has 15 heavy (non-hydrogen) atoms. The van der Waals surface area contributed by atoms with Crippen LogP contribution in [-0.2, 0) is 0 Å². The highest BCUT2D eigenvalue weighted by molar-refractivity contribution is 6.38. The van der Waals surface area contributed by atoms with Crippen molar-refractivity contribution >= 4 is 7.28 Å². The van der Waals surface area contributed by atoms with E-state index in [0.29, 0.717) is 5.31 Å². The van der Waals surface area contributed by atoms with Gasteiger partial charge < -0.3 is 0 Å². The number of unbranched alkanes of at least 4 members (excludes halogenated alkanes) is 2. The summed E-state index contributed by atoms with van der Waals surface area (Å²) in [6.07, 6.45) is 11.0. The number of rotatable bonds is 8. The molecule has 0 fully saturated rings. The maximum Gasteiger partial charge on any atom is 0.114 e. The number of hydrogen-bond acceptors (Lipinski definition) is 0. The molecule has 0 aliphatic heterocycles. The Morgan fingerprint density at radius 1 is 1.27 bits per heavy atom. The monoisotopic (exact) mass is 207 g/mol. The molecule has 1 heteroatoms. The van der Waals surface area contributed by atoms with Gasteiger partial charge in [0.1, 0.15) is 7.28 Å². The van der Waals surface area contributed by atoms with Gasteiger partial charge in [-0.3, -0.25) is 0 Å². The van der Waals surface area contributed by atoms with Crippen LogP contribution in [-0.4, -0.2) is 7.28 Å². The van der Waals surface area contributed by atoms with Gasteiger partial charge in [-0.2, -0.15) is 0 Å². The Balaban J connectivity index is 3.77. The normalized spacial score (nSPS) is 15.9.